The van der Waals surface area contributed by atoms with Crippen molar-refractivity contribution in [2.24, 2.45) is 5.41 Å². The Hall–Kier alpha value is -0.410. The molecule has 5 nitrogen and oxygen atoms in total. The second-order valence-electron chi connectivity index (χ2n) is 4.88. The maximum absolute atomic E-state index is 14.0. The molecule has 0 unspecified atom stereocenters. The normalized spacial score (nSPS) is 17.2. The van der Waals surface area contributed by atoms with E-state index in [1.54, 1.807) is 0 Å². The van der Waals surface area contributed by atoms with Crippen molar-refractivity contribution in [1.82, 2.24) is 4.72 Å². The van der Waals surface area contributed by atoms with Crippen molar-refractivity contribution < 1.29 is 17.9 Å². The van der Waals surface area contributed by atoms with Gasteiger partial charge in [0.05, 0.1) is 15.2 Å². The van der Waals surface area contributed by atoms with Gasteiger partial charge in [-0.05, 0) is 34.8 Å². The van der Waals surface area contributed by atoms with Crippen LogP contribution in [0.3, 0.4) is 0 Å². The summed E-state index contributed by atoms with van der Waals surface area (Å²) in [6, 6.07) is 0.998. The molecular weight excluding hydrogens is 375 g/mol. The number of benzene rings is 1. The predicted molar refractivity (Wildman–Crippen MR) is 77.5 cm³/mol. The first-order chi connectivity index (χ1) is 9.22. The highest BCUT2D eigenvalue weighted by Gasteiger charge is 2.43. The molecule has 112 valence electrons. The lowest BCUT2D eigenvalue weighted by Gasteiger charge is -2.14. The van der Waals surface area contributed by atoms with Gasteiger partial charge in [-0.3, -0.25) is 0 Å². The topological polar surface area (TPSA) is 92.4 Å². The van der Waals surface area contributed by atoms with Crippen molar-refractivity contribution in [2.45, 2.75) is 17.7 Å². The number of aliphatic hydroxyl groups is 1. The molecule has 0 bridgehead atoms. The fourth-order valence-electron chi connectivity index (χ4n) is 1.69. The van der Waals surface area contributed by atoms with Crippen LogP contribution in [0.25, 0.3) is 0 Å². The molecule has 9 heteroatoms. The number of anilines is 1. The summed E-state index contributed by atoms with van der Waals surface area (Å²) in [6.45, 7) is -0.0555. The summed E-state index contributed by atoms with van der Waals surface area (Å²) in [7, 11) is -4.08. The van der Waals surface area contributed by atoms with E-state index in [0.717, 1.165) is 18.9 Å². The van der Waals surface area contributed by atoms with E-state index in [2.05, 4.69) is 20.7 Å². The van der Waals surface area contributed by atoms with Crippen molar-refractivity contribution in [3.8, 4) is 0 Å². The fourth-order valence-corrected chi connectivity index (χ4v) is 3.52. The summed E-state index contributed by atoms with van der Waals surface area (Å²) in [6.07, 6.45) is 1.47. The zero-order valence-corrected chi connectivity index (χ0v) is 13.4. The van der Waals surface area contributed by atoms with Gasteiger partial charge in [0.2, 0.25) is 10.0 Å². The van der Waals surface area contributed by atoms with E-state index in [0.29, 0.717) is 0 Å². The third-order valence-electron chi connectivity index (χ3n) is 3.38. The van der Waals surface area contributed by atoms with E-state index >= 15 is 0 Å². The molecule has 0 aliphatic heterocycles. The largest absolute Gasteiger partial charge is 0.396 e. The van der Waals surface area contributed by atoms with Crippen molar-refractivity contribution in [2.75, 3.05) is 18.9 Å². The Bertz CT molecular complexity index is 650. The highest BCUT2D eigenvalue weighted by Crippen LogP contribution is 2.44. The Kier molecular flexibility index (Phi) is 4.32. The number of nitrogen functional groups attached to an aromatic ring is 1. The smallest absolute Gasteiger partial charge is 0.243 e. The lowest BCUT2D eigenvalue weighted by atomic mass is 10.1. The number of hydrogen-bond donors (Lipinski definition) is 3. The van der Waals surface area contributed by atoms with Gasteiger partial charge in [0.15, 0.2) is 5.82 Å². The van der Waals surface area contributed by atoms with Crippen molar-refractivity contribution in [3.05, 3.63) is 21.4 Å². The number of sulfonamides is 1. The van der Waals surface area contributed by atoms with Gasteiger partial charge in [0.1, 0.15) is 4.90 Å². The standard InChI is InChI=1S/C11H13BrClFN2O3S/c12-8-6(13)3-7(9(14)10(8)15)20(18,19)16-4-11(5-17)1-2-11/h3,16-17H,1-2,4-5,15H2. The van der Waals surface area contributed by atoms with E-state index in [9.17, 15) is 12.8 Å². The molecular formula is C11H13BrClFN2O3S. The molecule has 0 saturated heterocycles. The molecule has 0 spiro atoms. The lowest BCUT2D eigenvalue weighted by molar-refractivity contribution is 0.213. The van der Waals surface area contributed by atoms with Gasteiger partial charge >= 0.3 is 0 Å². The summed E-state index contributed by atoms with van der Waals surface area (Å²) < 4.78 is 40.6. The van der Waals surface area contributed by atoms with Gasteiger partial charge in [-0.15, -0.1) is 0 Å². The molecule has 0 radical (unpaired) electrons. The molecule has 1 aromatic rings. The van der Waals surface area contributed by atoms with E-state index in [1.165, 1.54) is 0 Å². The molecule has 0 atom stereocenters. The molecule has 1 saturated carbocycles. The van der Waals surface area contributed by atoms with Gasteiger partial charge in [0, 0.05) is 18.6 Å². The van der Waals surface area contributed by atoms with Crippen LogP contribution in [0.5, 0.6) is 0 Å². The molecule has 20 heavy (non-hydrogen) atoms. The first-order valence-electron chi connectivity index (χ1n) is 5.76. The summed E-state index contributed by atoms with van der Waals surface area (Å²) in [5.41, 5.74) is 4.68. The first-order valence-corrected chi connectivity index (χ1v) is 8.41. The highest BCUT2D eigenvalue weighted by atomic mass is 79.9. The van der Waals surface area contributed by atoms with Gasteiger partial charge < -0.3 is 10.8 Å². The van der Waals surface area contributed by atoms with Gasteiger partial charge in [-0.25, -0.2) is 17.5 Å². The molecule has 0 amide bonds. The second kappa shape index (κ2) is 5.42. The Morgan fingerprint density at radius 1 is 1.55 bits per heavy atom. The zero-order valence-electron chi connectivity index (χ0n) is 10.3. The molecule has 0 aromatic heterocycles. The molecule has 1 aliphatic carbocycles. The van der Waals surface area contributed by atoms with Crippen LogP contribution in [-0.2, 0) is 10.0 Å². The highest BCUT2D eigenvalue weighted by molar-refractivity contribution is 9.10. The van der Waals surface area contributed by atoms with E-state index in [1.807, 2.05) is 0 Å². The zero-order chi connectivity index (χ0) is 15.1. The fraction of sp³-hybridized carbons (Fsp3) is 0.455. The van der Waals surface area contributed by atoms with E-state index < -0.39 is 26.2 Å². The van der Waals surface area contributed by atoms with Crippen LogP contribution in [0.15, 0.2) is 15.4 Å². The lowest BCUT2D eigenvalue weighted by Crippen LogP contribution is -2.32. The third kappa shape index (κ3) is 2.94. The Morgan fingerprint density at radius 2 is 2.15 bits per heavy atom. The van der Waals surface area contributed by atoms with E-state index in [-0.39, 0.29) is 28.3 Å². The van der Waals surface area contributed by atoms with Gasteiger partial charge in [0.25, 0.3) is 0 Å². The number of halogens is 3. The average Bonchev–Trinajstić information content (AvgIpc) is 3.19. The molecule has 1 aliphatic rings. The van der Waals surface area contributed by atoms with Crippen LogP contribution in [0.2, 0.25) is 5.02 Å². The summed E-state index contributed by atoms with van der Waals surface area (Å²) in [5, 5.41) is 9.15. The second-order valence-corrected chi connectivity index (χ2v) is 7.82. The van der Waals surface area contributed by atoms with Crippen LogP contribution >= 0.6 is 27.5 Å². The average molecular weight is 388 g/mol. The molecule has 0 heterocycles. The van der Waals surface area contributed by atoms with Crippen LogP contribution in [-0.4, -0.2) is 26.7 Å². The molecule has 1 aromatic carbocycles. The molecule has 2 rings (SSSR count). The molecule has 1 fully saturated rings. The van der Waals surface area contributed by atoms with Crippen LogP contribution in [0.1, 0.15) is 12.8 Å². The minimum atomic E-state index is -4.08. The van der Waals surface area contributed by atoms with Gasteiger partial charge in [-0.2, -0.15) is 0 Å². The monoisotopic (exact) mass is 386 g/mol. The number of nitrogens with one attached hydrogen (secondary N) is 1. The van der Waals surface area contributed by atoms with Gasteiger partial charge in [-0.1, -0.05) is 11.6 Å². The minimum absolute atomic E-state index is 0.00701. The predicted octanol–water partition coefficient (Wildman–Crippen LogP) is 1.87. The Balaban J connectivity index is 2.30. The number of hydrogen-bond acceptors (Lipinski definition) is 4. The van der Waals surface area contributed by atoms with Crippen LogP contribution in [0.4, 0.5) is 10.1 Å². The summed E-state index contributed by atoms with van der Waals surface area (Å²) >= 11 is 8.78. The Labute approximate surface area is 129 Å². The quantitative estimate of drug-likeness (QED) is 0.531. The van der Waals surface area contributed by atoms with Crippen molar-refractivity contribution >= 4 is 43.2 Å². The van der Waals surface area contributed by atoms with E-state index in [4.69, 9.17) is 22.4 Å². The number of nitrogens with two attached hydrogens (primary N) is 1. The SMILES string of the molecule is Nc1c(F)c(S(=O)(=O)NCC2(CO)CC2)cc(Cl)c1Br. The summed E-state index contributed by atoms with van der Waals surface area (Å²) in [4.78, 5) is -0.600. The third-order valence-corrected chi connectivity index (χ3v) is 6.16. The maximum Gasteiger partial charge on any atom is 0.243 e. The van der Waals surface area contributed by atoms with Crippen LogP contribution < -0.4 is 10.5 Å². The Morgan fingerprint density at radius 3 is 2.65 bits per heavy atom. The number of rotatable bonds is 5. The first kappa shape index (κ1) is 16.0. The minimum Gasteiger partial charge on any atom is -0.396 e. The number of aliphatic hydroxyl groups excluding tert-OH is 1. The van der Waals surface area contributed by atoms with Crippen molar-refractivity contribution in [3.63, 3.8) is 0 Å². The van der Waals surface area contributed by atoms with Crippen LogP contribution in [0, 0.1) is 11.2 Å². The van der Waals surface area contributed by atoms with Crippen molar-refractivity contribution in [1.29, 1.82) is 0 Å². The summed E-state index contributed by atoms with van der Waals surface area (Å²) in [5.74, 6) is -1.05. The molecule has 4 N–H and O–H groups in total. The maximum atomic E-state index is 14.0.